The summed E-state index contributed by atoms with van der Waals surface area (Å²) in [4.78, 5) is 0. The summed E-state index contributed by atoms with van der Waals surface area (Å²) in [5.74, 6) is 1.05. The number of nitrogens with zero attached hydrogens (tertiary/aromatic N) is 2. The first-order valence-electron chi connectivity index (χ1n) is 7.60. The van der Waals surface area contributed by atoms with Crippen LogP contribution in [0.4, 0.5) is 0 Å². The van der Waals surface area contributed by atoms with Crippen LogP contribution in [0.3, 0.4) is 0 Å². The Morgan fingerprint density at radius 2 is 1.83 bits per heavy atom. The highest BCUT2D eigenvalue weighted by molar-refractivity contribution is 6.35. The molecule has 0 fully saturated rings. The topological polar surface area (TPSA) is 51.0 Å². The van der Waals surface area contributed by atoms with Crippen molar-refractivity contribution in [1.82, 2.24) is 15.5 Å². The average Bonchev–Trinajstić information content (AvgIpc) is 3.02. The van der Waals surface area contributed by atoms with E-state index in [1.807, 2.05) is 50.2 Å². The molecule has 24 heavy (non-hydrogen) atoms. The highest BCUT2D eigenvalue weighted by atomic mass is 35.5. The lowest BCUT2D eigenvalue weighted by molar-refractivity contribution is 0.454. The van der Waals surface area contributed by atoms with Gasteiger partial charge in [-0.2, -0.15) is 0 Å². The van der Waals surface area contributed by atoms with Crippen molar-refractivity contribution in [3.05, 3.63) is 69.5 Å². The zero-order valence-corrected chi connectivity index (χ0v) is 14.9. The third-order valence-corrected chi connectivity index (χ3v) is 4.32. The first-order valence-corrected chi connectivity index (χ1v) is 8.36. The second kappa shape index (κ2) is 7.34. The number of hydrogen-bond donors (Lipinski definition) is 1. The number of halogens is 2. The van der Waals surface area contributed by atoms with Crippen molar-refractivity contribution in [3.8, 4) is 11.5 Å². The number of hydrogen-bond acceptors (Lipinski definition) is 4. The number of aromatic nitrogens is 2. The Labute approximate surface area is 150 Å². The predicted molar refractivity (Wildman–Crippen MR) is 96.2 cm³/mol. The molecule has 0 aliphatic carbocycles. The quantitative estimate of drug-likeness (QED) is 0.678. The molecule has 0 aliphatic heterocycles. The van der Waals surface area contributed by atoms with Crippen LogP contribution in [0.1, 0.15) is 30.0 Å². The van der Waals surface area contributed by atoms with Gasteiger partial charge < -0.3 is 9.73 Å². The minimum Gasteiger partial charge on any atom is -0.419 e. The molecule has 1 aromatic heterocycles. The maximum Gasteiger partial charge on any atom is 0.247 e. The molecular formula is C18H17Cl2N3O. The van der Waals surface area contributed by atoms with Crippen LogP contribution >= 0.6 is 23.2 Å². The summed E-state index contributed by atoms with van der Waals surface area (Å²) < 4.78 is 5.71. The van der Waals surface area contributed by atoms with Gasteiger partial charge in [0.2, 0.25) is 11.8 Å². The van der Waals surface area contributed by atoms with Crippen LogP contribution in [-0.2, 0) is 6.54 Å². The van der Waals surface area contributed by atoms with Gasteiger partial charge in [-0.3, -0.25) is 0 Å². The van der Waals surface area contributed by atoms with Gasteiger partial charge in [-0.05, 0) is 43.7 Å². The maximum atomic E-state index is 6.23. The van der Waals surface area contributed by atoms with Crippen molar-refractivity contribution < 1.29 is 4.42 Å². The fourth-order valence-electron chi connectivity index (χ4n) is 2.34. The lowest BCUT2D eigenvalue weighted by Gasteiger charge is -2.14. The first kappa shape index (κ1) is 17.0. The van der Waals surface area contributed by atoms with Crippen LogP contribution in [0.15, 0.2) is 46.9 Å². The zero-order chi connectivity index (χ0) is 17.1. The van der Waals surface area contributed by atoms with Crippen molar-refractivity contribution in [1.29, 1.82) is 0 Å². The molecule has 0 bridgehead atoms. The zero-order valence-electron chi connectivity index (χ0n) is 13.4. The summed E-state index contributed by atoms with van der Waals surface area (Å²) >= 11 is 12.2. The van der Waals surface area contributed by atoms with Crippen LogP contribution in [0, 0.1) is 6.92 Å². The van der Waals surface area contributed by atoms with Gasteiger partial charge in [0.15, 0.2) is 0 Å². The van der Waals surface area contributed by atoms with E-state index in [0.29, 0.717) is 28.4 Å². The second-order valence-corrected chi connectivity index (χ2v) is 6.48. The Morgan fingerprint density at radius 1 is 1.08 bits per heavy atom. The molecule has 1 N–H and O–H groups in total. The van der Waals surface area contributed by atoms with E-state index in [4.69, 9.17) is 27.6 Å². The summed E-state index contributed by atoms with van der Waals surface area (Å²) in [7, 11) is 0. The van der Waals surface area contributed by atoms with Crippen molar-refractivity contribution in [2.75, 3.05) is 0 Å². The van der Waals surface area contributed by atoms with Crippen molar-refractivity contribution in [2.45, 2.75) is 26.4 Å². The molecule has 0 amide bonds. The van der Waals surface area contributed by atoms with E-state index in [-0.39, 0.29) is 6.04 Å². The van der Waals surface area contributed by atoms with Crippen LogP contribution < -0.4 is 5.32 Å². The third kappa shape index (κ3) is 3.96. The van der Waals surface area contributed by atoms with Gasteiger partial charge in [-0.25, -0.2) is 0 Å². The number of rotatable bonds is 5. The van der Waals surface area contributed by atoms with Crippen LogP contribution in [0.25, 0.3) is 11.5 Å². The average molecular weight is 362 g/mol. The van der Waals surface area contributed by atoms with Gasteiger partial charge in [0, 0.05) is 21.7 Å². The molecule has 1 unspecified atom stereocenters. The van der Waals surface area contributed by atoms with E-state index in [9.17, 15) is 0 Å². The molecule has 0 aliphatic rings. The molecular weight excluding hydrogens is 345 g/mol. The molecule has 3 aromatic rings. The smallest absolute Gasteiger partial charge is 0.247 e. The summed E-state index contributed by atoms with van der Waals surface area (Å²) in [5, 5.41) is 12.8. The van der Waals surface area contributed by atoms with Gasteiger partial charge in [-0.1, -0.05) is 47.0 Å². The molecule has 124 valence electrons. The van der Waals surface area contributed by atoms with E-state index < -0.39 is 0 Å². The summed E-state index contributed by atoms with van der Waals surface area (Å²) in [5.41, 5.74) is 3.07. The highest BCUT2D eigenvalue weighted by Crippen LogP contribution is 2.26. The van der Waals surface area contributed by atoms with Crippen molar-refractivity contribution in [3.63, 3.8) is 0 Å². The minimum absolute atomic E-state index is 0.0319. The molecule has 3 rings (SSSR count). The number of benzene rings is 2. The SMILES string of the molecule is Cc1ccc(-c2nnc(CNC(C)c3ccc(Cl)cc3Cl)o2)cc1. The van der Waals surface area contributed by atoms with Crippen LogP contribution in [-0.4, -0.2) is 10.2 Å². The molecule has 1 atom stereocenters. The maximum absolute atomic E-state index is 6.23. The Morgan fingerprint density at radius 3 is 2.54 bits per heavy atom. The lowest BCUT2D eigenvalue weighted by Crippen LogP contribution is -2.18. The van der Waals surface area contributed by atoms with E-state index in [2.05, 4.69) is 15.5 Å². The fraction of sp³-hybridized carbons (Fsp3) is 0.222. The molecule has 2 aromatic carbocycles. The van der Waals surface area contributed by atoms with Crippen LogP contribution in [0.2, 0.25) is 10.0 Å². The largest absolute Gasteiger partial charge is 0.419 e. The molecule has 6 heteroatoms. The second-order valence-electron chi connectivity index (χ2n) is 5.64. The van der Waals surface area contributed by atoms with Gasteiger partial charge >= 0.3 is 0 Å². The van der Waals surface area contributed by atoms with E-state index in [0.717, 1.165) is 11.1 Å². The highest BCUT2D eigenvalue weighted by Gasteiger charge is 2.13. The summed E-state index contributed by atoms with van der Waals surface area (Å²) in [6.45, 7) is 4.52. The van der Waals surface area contributed by atoms with Crippen molar-refractivity contribution >= 4 is 23.2 Å². The summed E-state index contributed by atoms with van der Waals surface area (Å²) in [6, 6.07) is 13.5. The van der Waals surface area contributed by atoms with E-state index in [1.54, 1.807) is 6.07 Å². The summed E-state index contributed by atoms with van der Waals surface area (Å²) in [6.07, 6.45) is 0. The molecule has 1 heterocycles. The molecule has 0 radical (unpaired) electrons. The van der Waals surface area contributed by atoms with Gasteiger partial charge in [-0.15, -0.1) is 10.2 Å². The molecule has 0 spiro atoms. The normalized spacial score (nSPS) is 12.3. The standard InChI is InChI=1S/C18H17Cl2N3O/c1-11-3-5-13(6-4-11)18-23-22-17(24-18)10-21-12(2)15-8-7-14(19)9-16(15)20/h3-9,12,21H,10H2,1-2H3. The Hall–Kier alpha value is -1.88. The van der Waals surface area contributed by atoms with E-state index >= 15 is 0 Å². The Balaban J connectivity index is 1.65. The van der Waals surface area contributed by atoms with Gasteiger partial charge in [0.1, 0.15) is 0 Å². The molecule has 0 saturated heterocycles. The number of aryl methyl sites for hydroxylation is 1. The van der Waals surface area contributed by atoms with E-state index in [1.165, 1.54) is 5.56 Å². The predicted octanol–water partition coefficient (Wildman–Crippen LogP) is 5.20. The first-order chi connectivity index (χ1) is 11.5. The molecule has 0 saturated carbocycles. The van der Waals surface area contributed by atoms with Gasteiger partial charge in [0.25, 0.3) is 0 Å². The fourth-order valence-corrected chi connectivity index (χ4v) is 2.91. The minimum atomic E-state index is 0.0319. The Kier molecular flexibility index (Phi) is 5.19. The monoisotopic (exact) mass is 361 g/mol. The van der Waals surface area contributed by atoms with Gasteiger partial charge in [0.05, 0.1) is 6.54 Å². The van der Waals surface area contributed by atoms with Crippen LogP contribution in [0.5, 0.6) is 0 Å². The lowest BCUT2D eigenvalue weighted by atomic mass is 10.1. The number of nitrogens with one attached hydrogen (secondary N) is 1. The molecule has 4 nitrogen and oxygen atoms in total. The third-order valence-electron chi connectivity index (χ3n) is 3.75. The Bertz CT molecular complexity index is 831. The van der Waals surface area contributed by atoms with Crippen molar-refractivity contribution in [2.24, 2.45) is 0 Å².